The summed E-state index contributed by atoms with van der Waals surface area (Å²) in [6.07, 6.45) is 5.80. The van der Waals surface area contributed by atoms with Crippen LogP contribution >= 0.6 is 0 Å². The Bertz CT molecular complexity index is 345. The summed E-state index contributed by atoms with van der Waals surface area (Å²) in [6, 6.07) is 4.75. The van der Waals surface area contributed by atoms with E-state index in [2.05, 4.69) is 42.3 Å². The molecule has 1 N–H and O–H groups in total. The van der Waals surface area contributed by atoms with Crippen molar-refractivity contribution in [2.45, 2.75) is 32.2 Å². The molecule has 1 saturated carbocycles. The van der Waals surface area contributed by atoms with E-state index >= 15 is 0 Å². The largest absolute Gasteiger partial charge is 0.378 e. The molecule has 16 heavy (non-hydrogen) atoms. The van der Waals surface area contributed by atoms with Gasteiger partial charge < -0.3 is 10.2 Å². The molecule has 0 bridgehead atoms. The third-order valence-corrected chi connectivity index (χ3v) is 3.22. The molecular weight excluding hydrogens is 198 g/mol. The number of rotatable bonds is 5. The molecule has 1 aliphatic carbocycles. The fourth-order valence-corrected chi connectivity index (χ4v) is 2.02. The second-order valence-corrected chi connectivity index (χ2v) is 4.79. The van der Waals surface area contributed by atoms with Gasteiger partial charge in [-0.2, -0.15) is 0 Å². The molecule has 3 heteroatoms. The smallest absolute Gasteiger partial charge is 0.128 e. The molecule has 1 aromatic rings. The van der Waals surface area contributed by atoms with Crippen molar-refractivity contribution in [1.82, 2.24) is 4.98 Å². The van der Waals surface area contributed by atoms with Gasteiger partial charge in [-0.15, -0.1) is 0 Å². The first kappa shape index (κ1) is 11.2. The molecule has 1 aromatic heterocycles. The Morgan fingerprint density at radius 3 is 2.81 bits per heavy atom. The van der Waals surface area contributed by atoms with Crippen molar-refractivity contribution in [3.05, 3.63) is 18.3 Å². The predicted octanol–water partition coefficient (Wildman–Crippen LogP) is 2.75. The molecule has 2 rings (SSSR count). The molecule has 1 aliphatic rings. The molecule has 88 valence electrons. The third-order valence-electron chi connectivity index (χ3n) is 3.22. The lowest BCUT2D eigenvalue weighted by molar-refractivity contribution is 0.614. The first-order valence-corrected chi connectivity index (χ1v) is 6.10. The summed E-state index contributed by atoms with van der Waals surface area (Å²) >= 11 is 0. The van der Waals surface area contributed by atoms with Gasteiger partial charge in [-0.25, -0.2) is 4.98 Å². The van der Waals surface area contributed by atoms with E-state index in [-0.39, 0.29) is 0 Å². The number of anilines is 2. The predicted molar refractivity (Wildman–Crippen MR) is 69.0 cm³/mol. The van der Waals surface area contributed by atoms with Crippen LogP contribution in [0.2, 0.25) is 0 Å². The summed E-state index contributed by atoms with van der Waals surface area (Å²) in [5, 5.41) is 3.55. The highest BCUT2D eigenvalue weighted by molar-refractivity contribution is 5.53. The van der Waals surface area contributed by atoms with Gasteiger partial charge >= 0.3 is 0 Å². The Hall–Kier alpha value is -1.25. The van der Waals surface area contributed by atoms with E-state index in [4.69, 9.17) is 0 Å². The molecule has 1 fully saturated rings. The van der Waals surface area contributed by atoms with Crippen LogP contribution in [0.4, 0.5) is 11.5 Å². The van der Waals surface area contributed by atoms with E-state index in [0.29, 0.717) is 6.04 Å². The lowest BCUT2D eigenvalue weighted by Gasteiger charge is -2.18. The standard InChI is InChI=1S/C13H21N3/c1-4-12(10-5-6-10)15-13-9-11(16(2)3)7-8-14-13/h7-10,12H,4-6H2,1-3H3,(H,14,15). The lowest BCUT2D eigenvalue weighted by Crippen LogP contribution is -2.21. The molecule has 0 spiro atoms. The van der Waals surface area contributed by atoms with Crippen molar-refractivity contribution in [2.75, 3.05) is 24.3 Å². The second kappa shape index (κ2) is 4.73. The first-order chi connectivity index (χ1) is 7.70. The normalized spacial score (nSPS) is 16.9. The van der Waals surface area contributed by atoms with Crippen LogP contribution in [-0.2, 0) is 0 Å². The van der Waals surface area contributed by atoms with Crippen LogP contribution in [0.15, 0.2) is 18.3 Å². The maximum atomic E-state index is 4.38. The van der Waals surface area contributed by atoms with Crippen molar-refractivity contribution >= 4 is 11.5 Å². The fraction of sp³-hybridized carbons (Fsp3) is 0.615. The van der Waals surface area contributed by atoms with E-state index in [1.807, 2.05) is 12.3 Å². The number of hydrogen-bond donors (Lipinski definition) is 1. The van der Waals surface area contributed by atoms with Crippen LogP contribution in [-0.4, -0.2) is 25.1 Å². The van der Waals surface area contributed by atoms with Crippen LogP contribution in [0.1, 0.15) is 26.2 Å². The minimum atomic E-state index is 0.602. The minimum absolute atomic E-state index is 0.602. The Morgan fingerprint density at radius 2 is 2.25 bits per heavy atom. The van der Waals surface area contributed by atoms with Crippen molar-refractivity contribution in [2.24, 2.45) is 5.92 Å². The molecule has 3 nitrogen and oxygen atoms in total. The van der Waals surface area contributed by atoms with Gasteiger partial charge in [0, 0.05) is 38.1 Å². The van der Waals surface area contributed by atoms with E-state index in [1.54, 1.807) is 0 Å². The van der Waals surface area contributed by atoms with Gasteiger partial charge in [0.25, 0.3) is 0 Å². The van der Waals surface area contributed by atoms with Crippen LogP contribution < -0.4 is 10.2 Å². The summed E-state index contributed by atoms with van der Waals surface area (Å²) in [7, 11) is 4.11. The van der Waals surface area contributed by atoms with E-state index in [0.717, 1.165) is 11.7 Å². The lowest BCUT2D eigenvalue weighted by atomic mass is 10.1. The Kier molecular flexibility index (Phi) is 3.32. The minimum Gasteiger partial charge on any atom is -0.378 e. The quantitative estimate of drug-likeness (QED) is 0.825. The highest BCUT2D eigenvalue weighted by Gasteiger charge is 2.29. The zero-order chi connectivity index (χ0) is 11.5. The number of hydrogen-bond acceptors (Lipinski definition) is 3. The van der Waals surface area contributed by atoms with Gasteiger partial charge in [0.05, 0.1) is 0 Å². The fourth-order valence-electron chi connectivity index (χ4n) is 2.02. The maximum Gasteiger partial charge on any atom is 0.128 e. The maximum absolute atomic E-state index is 4.38. The number of pyridine rings is 1. The molecule has 0 aromatic carbocycles. The van der Waals surface area contributed by atoms with Gasteiger partial charge in [0.1, 0.15) is 5.82 Å². The van der Waals surface area contributed by atoms with Gasteiger partial charge in [-0.3, -0.25) is 0 Å². The summed E-state index contributed by atoms with van der Waals surface area (Å²) < 4.78 is 0. The Balaban J connectivity index is 2.05. The Morgan fingerprint density at radius 1 is 1.50 bits per heavy atom. The third kappa shape index (κ3) is 2.65. The van der Waals surface area contributed by atoms with E-state index < -0.39 is 0 Å². The van der Waals surface area contributed by atoms with Crippen LogP contribution in [0.25, 0.3) is 0 Å². The van der Waals surface area contributed by atoms with Crippen molar-refractivity contribution in [3.8, 4) is 0 Å². The van der Waals surface area contributed by atoms with Gasteiger partial charge in [-0.1, -0.05) is 6.92 Å². The van der Waals surface area contributed by atoms with Gasteiger partial charge in [-0.05, 0) is 31.2 Å². The molecule has 0 aliphatic heterocycles. The van der Waals surface area contributed by atoms with Gasteiger partial charge in [0.2, 0.25) is 0 Å². The average molecular weight is 219 g/mol. The summed E-state index contributed by atoms with van der Waals surface area (Å²) in [4.78, 5) is 6.48. The molecule has 1 atom stereocenters. The van der Waals surface area contributed by atoms with E-state index in [9.17, 15) is 0 Å². The number of nitrogens with zero attached hydrogens (tertiary/aromatic N) is 2. The summed E-state index contributed by atoms with van der Waals surface area (Å²) in [5.74, 6) is 1.87. The zero-order valence-corrected chi connectivity index (χ0v) is 10.4. The number of aromatic nitrogens is 1. The summed E-state index contributed by atoms with van der Waals surface area (Å²) in [6.45, 7) is 2.24. The molecule has 0 amide bonds. The molecule has 1 unspecified atom stereocenters. The molecular formula is C13H21N3. The monoisotopic (exact) mass is 219 g/mol. The Labute approximate surface area is 97.9 Å². The average Bonchev–Trinajstić information content (AvgIpc) is 3.10. The summed E-state index contributed by atoms with van der Waals surface area (Å²) in [5.41, 5.74) is 1.20. The second-order valence-electron chi connectivity index (χ2n) is 4.79. The van der Waals surface area contributed by atoms with Crippen molar-refractivity contribution < 1.29 is 0 Å². The highest BCUT2D eigenvalue weighted by Crippen LogP contribution is 2.35. The van der Waals surface area contributed by atoms with E-state index in [1.165, 1.54) is 24.9 Å². The van der Waals surface area contributed by atoms with Crippen LogP contribution in [0, 0.1) is 5.92 Å². The highest BCUT2D eigenvalue weighted by atomic mass is 15.1. The SMILES string of the molecule is CCC(Nc1cc(N(C)C)ccn1)C1CC1. The topological polar surface area (TPSA) is 28.2 Å². The van der Waals surface area contributed by atoms with Crippen molar-refractivity contribution in [1.29, 1.82) is 0 Å². The molecule has 0 radical (unpaired) electrons. The first-order valence-electron chi connectivity index (χ1n) is 6.10. The van der Waals surface area contributed by atoms with Crippen LogP contribution in [0.3, 0.4) is 0 Å². The molecule has 0 saturated heterocycles. The zero-order valence-electron chi connectivity index (χ0n) is 10.4. The van der Waals surface area contributed by atoms with Gasteiger partial charge in [0.15, 0.2) is 0 Å². The van der Waals surface area contributed by atoms with Crippen molar-refractivity contribution in [3.63, 3.8) is 0 Å². The number of nitrogens with one attached hydrogen (secondary N) is 1. The molecule has 1 heterocycles. The van der Waals surface area contributed by atoms with Crippen LogP contribution in [0.5, 0.6) is 0 Å².